The number of primary sulfonamides is 1. The quantitative estimate of drug-likeness (QED) is 0.289. The Morgan fingerprint density at radius 3 is 2.55 bits per heavy atom. The number of likely N-dealkylation sites (tertiary alicyclic amines) is 1. The molecule has 12 heteroatoms. The number of rotatable bonds is 9. The maximum Gasteiger partial charge on any atom is 0.229 e. The van der Waals surface area contributed by atoms with Crippen molar-refractivity contribution in [2.24, 2.45) is 5.14 Å². The number of benzene rings is 2. The number of nitrogens with one attached hydrogen (secondary N) is 3. The Morgan fingerprint density at radius 1 is 1.07 bits per heavy atom. The molecule has 0 amide bonds. The number of nitrogens with zero attached hydrogens (tertiary/aromatic N) is 3. The molecule has 10 nitrogen and oxygen atoms in total. The number of aromatic nitrogens is 2. The normalized spacial score (nSPS) is 17.5. The summed E-state index contributed by atoms with van der Waals surface area (Å²) in [5, 5.41) is 15.4. The van der Waals surface area contributed by atoms with Crippen LogP contribution in [-0.4, -0.2) is 62.6 Å². The van der Waals surface area contributed by atoms with Crippen LogP contribution in [0.2, 0.25) is 5.02 Å². The SMILES string of the molecule is COc1cc(C2CCN(C3CCNCC3)CC2)ccc1Nc1ncc(Cl)c(Nc2ccccc2CS(N)(=O)=O)n1. The average Bonchev–Trinajstić information content (AvgIpc) is 2.96. The van der Waals surface area contributed by atoms with Crippen LogP contribution in [0.4, 0.5) is 23.1 Å². The number of nitrogens with two attached hydrogens (primary N) is 1. The van der Waals surface area contributed by atoms with E-state index >= 15 is 0 Å². The van der Waals surface area contributed by atoms with Crippen molar-refractivity contribution in [2.75, 3.05) is 43.9 Å². The summed E-state index contributed by atoms with van der Waals surface area (Å²) in [6.07, 6.45) is 6.25. The van der Waals surface area contributed by atoms with Crippen molar-refractivity contribution in [3.8, 4) is 5.75 Å². The first-order chi connectivity index (χ1) is 19.3. The van der Waals surface area contributed by atoms with Gasteiger partial charge in [-0.1, -0.05) is 35.9 Å². The largest absolute Gasteiger partial charge is 0.495 e. The molecule has 0 saturated carbocycles. The van der Waals surface area contributed by atoms with Gasteiger partial charge in [-0.05, 0) is 87.1 Å². The van der Waals surface area contributed by atoms with Crippen molar-refractivity contribution >= 4 is 44.8 Å². The van der Waals surface area contributed by atoms with Crippen molar-refractivity contribution < 1.29 is 13.2 Å². The van der Waals surface area contributed by atoms with Gasteiger partial charge in [0.1, 0.15) is 10.8 Å². The van der Waals surface area contributed by atoms with E-state index in [9.17, 15) is 8.42 Å². The number of anilines is 4. The Kier molecular flexibility index (Phi) is 9.07. The molecular formula is C28H36ClN7O3S. The Morgan fingerprint density at radius 2 is 1.82 bits per heavy atom. The highest BCUT2D eigenvalue weighted by atomic mass is 35.5. The van der Waals surface area contributed by atoms with Crippen LogP contribution in [0.5, 0.6) is 5.75 Å². The van der Waals surface area contributed by atoms with Gasteiger partial charge in [0, 0.05) is 11.7 Å². The van der Waals surface area contributed by atoms with Gasteiger partial charge in [-0.3, -0.25) is 0 Å². The molecule has 0 radical (unpaired) electrons. The molecule has 2 aliphatic rings. The lowest BCUT2D eigenvalue weighted by Crippen LogP contribution is -2.46. The maximum atomic E-state index is 11.7. The third-order valence-electron chi connectivity index (χ3n) is 7.67. The fourth-order valence-electron chi connectivity index (χ4n) is 5.58. The maximum absolute atomic E-state index is 11.7. The summed E-state index contributed by atoms with van der Waals surface area (Å²) in [6, 6.07) is 13.9. The third kappa shape index (κ3) is 7.21. The molecule has 3 aromatic rings. The van der Waals surface area contributed by atoms with Gasteiger partial charge in [0.15, 0.2) is 5.82 Å². The fourth-order valence-corrected chi connectivity index (χ4v) is 6.41. The van der Waals surface area contributed by atoms with E-state index in [1.165, 1.54) is 24.6 Å². The molecule has 2 aromatic carbocycles. The zero-order valence-electron chi connectivity index (χ0n) is 22.6. The summed E-state index contributed by atoms with van der Waals surface area (Å²) in [6.45, 7) is 4.51. The van der Waals surface area contributed by atoms with Crippen LogP contribution in [-0.2, 0) is 15.8 Å². The first-order valence-corrected chi connectivity index (χ1v) is 15.7. The first kappa shape index (κ1) is 28.6. The molecule has 1 aromatic heterocycles. The number of ether oxygens (including phenoxy) is 1. The molecule has 0 spiro atoms. The van der Waals surface area contributed by atoms with Gasteiger partial charge in [0.25, 0.3) is 0 Å². The highest BCUT2D eigenvalue weighted by Gasteiger charge is 2.27. The Balaban J connectivity index is 1.28. The average molecular weight is 586 g/mol. The fraction of sp³-hybridized carbons (Fsp3) is 0.429. The molecule has 2 saturated heterocycles. The van der Waals surface area contributed by atoms with Gasteiger partial charge < -0.3 is 25.6 Å². The Hall–Kier alpha value is -2.96. The van der Waals surface area contributed by atoms with Gasteiger partial charge in [-0.2, -0.15) is 4.98 Å². The molecular weight excluding hydrogens is 550 g/mol. The Bertz CT molecular complexity index is 1430. The zero-order chi connectivity index (χ0) is 28.1. The second-order valence-corrected chi connectivity index (χ2v) is 12.4. The van der Waals surface area contributed by atoms with Crippen molar-refractivity contribution in [3.05, 3.63) is 64.8 Å². The second kappa shape index (κ2) is 12.7. The topological polar surface area (TPSA) is 134 Å². The van der Waals surface area contributed by atoms with Crippen molar-refractivity contribution in [1.29, 1.82) is 0 Å². The monoisotopic (exact) mass is 585 g/mol. The van der Waals surface area contributed by atoms with E-state index in [0.29, 0.717) is 40.7 Å². The lowest BCUT2D eigenvalue weighted by Gasteiger charge is -2.39. The molecule has 3 heterocycles. The standard InChI is InChI=1S/C28H36ClN7O3S/c1-39-26-16-20(19-10-14-36(15-11-19)22-8-12-31-13-9-22)6-7-25(26)34-28-32-17-23(29)27(35-28)33-24-5-3-2-4-21(24)18-40(30,37)38/h2-7,16-17,19,22,31H,8-15,18H2,1H3,(H2,30,37,38)(H2,32,33,34,35). The molecule has 0 aliphatic carbocycles. The molecule has 5 N–H and O–H groups in total. The van der Waals surface area contributed by atoms with Crippen LogP contribution in [0.15, 0.2) is 48.7 Å². The molecule has 40 heavy (non-hydrogen) atoms. The van der Waals surface area contributed by atoms with Gasteiger partial charge in [-0.25, -0.2) is 18.5 Å². The number of methoxy groups -OCH3 is 1. The van der Waals surface area contributed by atoms with Crippen LogP contribution in [0.1, 0.15) is 42.7 Å². The summed E-state index contributed by atoms with van der Waals surface area (Å²) >= 11 is 6.37. The van der Waals surface area contributed by atoms with Gasteiger partial charge in [0.2, 0.25) is 16.0 Å². The van der Waals surface area contributed by atoms with Crippen molar-refractivity contribution in [3.63, 3.8) is 0 Å². The van der Waals surface area contributed by atoms with E-state index in [1.54, 1.807) is 31.4 Å². The first-order valence-electron chi connectivity index (χ1n) is 13.6. The summed E-state index contributed by atoms with van der Waals surface area (Å²) < 4.78 is 29.1. The summed E-state index contributed by atoms with van der Waals surface area (Å²) in [4.78, 5) is 11.5. The lowest BCUT2D eigenvalue weighted by atomic mass is 9.88. The minimum absolute atomic E-state index is 0.286. The van der Waals surface area contributed by atoms with Gasteiger partial charge in [0.05, 0.1) is 24.7 Å². The van der Waals surface area contributed by atoms with Crippen LogP contribution >= 0.6 is 11.6 Å². The molecule has 2 aliphatic heterocycles. The van der Waals surface area contributed by atoms with E-state index in [4.69, 9.17) is 21.5 Å². The minimum Gasteiger partial charge on any atom is -0.495 e. The predicted octanol–water partition coefficient (Wildman–Crippen LogP) is 4.35. The molecule has 0 atom stereocenters. The van der Waals surface area contributed by atoms with E-state index in [0.717, 1.165) is 44.7 Å². The summed E-state index contributed by atoms with van der Waals surface area (Å²) in [5.74, 6) is 1.55. The smallest absolute Gasteiger partial charge is 0.229 e. The zero-order valence-corrected chi connectivity index (χ0v) is 24.1. The van der Waals surface area contributed by atoms with Crippen LogP contribution in [0.25, 0.3) is 0 Å². The van der Waals surface area contributed by atoms with Crippen molar-refractivity contribution in [1.82, 2.24) is 20.2 Å². The molecule has 5 rings (SSSR count). The molecule has 0 unspecified atom stereocenters. The summed E-state index contributed by atoms with van der Waals surface area (Å²) in [5.41, 5.74) is 3.06. The van der Waals surface area contributed by atoms with E-state index in [1.807, 2.05) is 6.07 Å². The van der Waals surface area contributed by atoms with Gasteiger partial charge in [-0.15, -0.1) is 0 Å². The highest BCUT2D eigenvalue weighted by molar-refractivity contribution is 7.88. The van der Waals surface area contributed by atoms with E-state index in [-0.39, 0.29) is 10.8 Å². The molecule has 2 fully saturated rings. The molecule has 0 bridgehead atoms. The van der Waals surface area contributed by atoms with Crippen LogP contribution < -0.4 is 25.8 Å². The lowest BCUT2D eigenvalue weighted by molar-refractivity contribution is 0.127. The number of hydrogen-bond donors (Lipinski definition) is 4. The summed E-state index contributed by atoms with van der Waals surface area (Å²) in [7, 11) is -2.06. The Labute approximate surface area is 240 Å². The highest BCUT2D eigenvalue weighted by Crippen LogP contribution is 2.36. The number of sulfonamides is 1. The van der Waals surface area contributed by atoms with Crippen LogP contribution in [0, 0.1) is 0 Å². The molecule has 214 valence electrons. The van der Waals surface area contributed by atoms with E-state index in [2.05, 4.69) is 43.0 Å². The number of piperidine rings is 2. The van der Waals surface area contributed by atoms with E-state index < -0.39 is 10.0 Å². The minimum atomic E-state index is -3.72. The predicted molar refractivity (Wildman–Crippen MR) is 159 cm³/mol. The van der Waals surface area contributed by atoms with Crippen LogP contribution in [0.3, 0.4) is 0 Å². The van der Waals surface area contributed by atoms with Crippen molar-refractivity contribution in [2.45, 2.75) is 43.4 Å². The number of para-hydroxylation sites is 1. The third-order valence-corrected chi connectivity index (χ3v) is 8.66. The van der Waals surface area contributed by atoms with Gasteiger partial charge >= 0.3 is 0 Å². The number of halogens is 1. The second-order valence-electron chi connectivity index (χ2n) is 10.4. The number of hydrogen-bond acceptors (Lipinski definition) is 9.